The van der Waals surface area contributed by atoms with Gasteiger partial charge in [0.25, 0.3) is 0 Å². The topological polar surface area (TPSA) is 84.9 Å². The van der Waals surface area contributed by atoms with Gasteiger partial charge in [-0.15, -0.1) is 0 Å². The molecule has 2 aromatic heterocycles. The number of aromatic nitrogens is 2. The number of pyridine rings is 1. The van der Waals surface area contributed by atoms with Crippen molar-refractivity contribution < 1.29 is 19.1 Å². The van der Waals surface area contributed by atoms with Gasteiger partial charge >= 0.3 is 12.2 Å². The Morgan fingerprint density at radius 2 is 1.91 bits per heavy atom. The molecule has 35 heavy (non-hydrogen) atoms. The standard InChI is InChI=1S/C25H30N4O4S2/c1-25(2,3)33-24(31)29-14-13-28(23(30)32-17-18-8-5-4-6-9-18)16-19(29)11-15-34-22-27-20-10-7-12-26-21(20)35-22/h4-10,12,19H,11,13-17H2,1-3H3/t19-/m1/s1. The zero-order valence-corrected chi connectivity index (χ0v) is 21.8. The van der Waals surface area contributed by atoms with E-state index in [1.165, 1.54) is 0 Å². The van der Waals surface area contributed by atoms with Crippen LogP contribution in [0.4, 0.5) is 9.59 Å². The van der Waals surface area contributed by atoms with Crippen molar-refractivity contribution in [2.75, 3.05) is 25.4 Å². The maximum absolute atomic E-state index is 12.9. The molecule has 0 bridgehead atoms. The smallest absolute Gasteiger partial charge is 0.410 e. The normalized spacial score (nSPS) is 16.4. The van der Waals surface area contributed by atoms with Gasteiger partial charge in [0.05, 0.1) is 6.04 Å². The lowest BCUT2D eigenvalue weighted by molar-refractivity contribution is -0.00349. The van der Waals surface area contributed by atoms with Gasteiger partial charge in [-0.2, -0.15) is 0 Å². The van der Waals surface area contributed by atoms with Crippen LogP contribution in [0.1, 0.15) is 32.8 Å². The molecule has 8 nitrogen and oxygen atoms in total. The van der Waals surface area contributed by atoms with E-state index in [1.54, 1.807) is 39.1 Å². The maximum Gasteiger partial charge on any atom is 0.410 e. The second-order valence-corrected chi connectivity index (χ2v) is 11.6. The van der Waals surface area contributed by atoms with E-state index in [1.807, 2.05) is 63.2 Å². The summed E-state index contributed by atoms with van der Waals surface area (Å²) >= 11 is 3.20. The number of benzene rings is 1. The summed E-state index contributed by atoms with van der Waals surface area (Å²) in [6.07, 6.45) is 1.73. The lowest BCUT2D eigenvalue weighted by atomic mass is 10.1. The Bertz CT molecular complexity index is 1120. The van der Waals surface area contributed by atoms with Gasteiger partial charge < -0.3 is 19.3 Å². The molecule has 3 aromatic rings. The Kier molecular flexibility index (Phi) is 8.12. The number of rotatable bonds is 6. The van der Waals surface area contributed by atoms with Gasteiger partial charge in [-0.25, -0.2) is 19.6 Å². The van der Waals surface area contributed by atoms with Crippen LogP contribution in [0.3, 0.4) is 0 Å². The summed E-state index contributed by atoms with van der Waals surface area (Å²) in [6, 6.07) is 13.2. The minimum Gasteiger partial charge on any atom is -0.445 e. The summed E-state index contributed by atoms with van der Waals surface area (Å²) in [7, 11) is 0. The molecule has 3 heterocycles. The predicted molar refractivity (Wildman–Crippen MR) is 138 cm³/mol. The van der Waals surface area contributed by atoms with Crippen molar-refractivity contribution in [3.8, 4) is 0 Å². The first-order valence-electron chi connectivity index (χ1n) is 11.6. The average molecular weight is 515 g/mol. The number of carbonyl (C=O) groups excluding carboxylic acids is 2. The SMILES string of the molecule is CC(C)(C)OC(=O)N1CCN(C(=O)OCc2ccccc2)C[C@H]1CCSc1nc2cccnc2s1. The van der Waals surface area contributed by atoms with Gasteiger partial charge in [-0.3, -0.25) is 0 Å². The maximum atomic E-state index is 12.9. The minimum atomic E-state index is -0.587. The van der Waals surface area contributed by atoms with Crippen molar-refractivity contribution >= 4 is 45.6 Å². The molecule has 1 aromatic carbocycles. The summed E-state index contributed by atoms with van der Waals surface area (Å²) in [5.74, 6) is 0.747. The molecule has 1 atom stereocenters. The Morgan fingerprint density at radius 3 is 2.66 bits per heavy atom. The molecule has 0 aliphatic carbocycles. The van der Waals surface area contributed by atoms with Crippen LogP contribution in [-0.2, 0) is 16.1 Å². The van der Waals surface area contributed by atoms with E-state index >= 15 is 0 Å². The van der Waals surface area contributed by atoms with Crippen molar-refractivity contribution in [3.63, 3.8) is 0 Å². The molecule has 1 fully saturated rings. The van der Waals surface area contributed by atoms with E-state index in [-0.39, 0.29) is 24.8 Å². The van der Waals surface area contributed by atoms with Gasteiger partial charge in [0.1, 0.15) is 22.6 Å². The molecule has 10 heteroatoms. The molecular weight excluding hydrogens is 484 g/mol. The molecule has 186 valence electrons. The molecule has 1 aliphatic rings. The lowest BCUT2D eigenvalue weighted by Crippen LogP contribution is -2.57. The summed E-state index contributed by atoms with van der Waals surface area (Å²) in [5.41, 5.74) is 1.24. The van der Waals surface area contributed by atoms with Crippen molar-refractivity contribution in [1.29, 1.82) is 0 Å². The first kappa shape index (κ1) is 25.2. The third kappa shape index (κ3) is 7.08. The summed E-state index contributed by atoms with van der Waals surface area (Å²) in [5, 5.41) is 0. The van der Waals surface area contributed by atoms with Crippen LogP contribution in [-0.4, -0.2) is 69.0 Å². The Labute approximate surface area is 213 Å². The highest BCUT2D eigenvalue weighted by molar-refractivity contribution is 8.01. The third-order valence-corrected chi connectivity index (χ3v) is 7.55. The predicted octanol–water partition coefficient (Wildman–Crippen LogP) is 5.43. The number of thiazole rings is 1. The van der Waals surface area contributed by atoms with E-state index < -0.39 is 5.60 Å². The van der Waals surface area contributed by atoms with Crippen LogP contribution < -0.4 is 0 Å². The van der Waals surface area contributed by atoms with Crippen LogP contribution >= 0.6 is 23.1 Å². The summed E-state index contributed by atoms with van der Waals surface area (Å²) in [6.45, 7) is 6.99. The largest absolute Gasteiger partial charge is 0.445 e. The second kappa shape index (κ2) is 11.3. The molecule has 0 unspecified atom stereocenters. The van der Waals surface area contributed by atoms with E-state index in [9.17, 15) is 9.59 Å². The Morgan fingerprint density at radius 1 is 1.11 bits per heavy atom. The molecule has 0 N–H and O–H groups in total. The zero-order chi connectivity index (χ0) is 24.8. The van der Waals surface area contributed by atoms with Crippen LogP contribution in [0, 0.1) is 0 Å². The van der Waals surface area contributed by atoms with Crippen LogP contribution in [0.5, 0.6) is 0 Å². The Hall–Kier alpha value is -2.85. The molecule has 0 saturated carbocycles. The molecule has 0 radical (unpaired) electrons. The minimum absolute atomic E-state index is 0.178. The number of carbonyl (C=O) groups is 2. The monoisotopic (exact) mass is 514 g/mol. The highest BCUT2D eigenvalue weighted by Crippen LogP contribution is 2.29. The van der Waals surface area contributed by atoms with Crippen LogP contribution in [0.15, 0.2) is 53.0 Å². The number of amides is 2. The Balaban J connectivity index is 1.38. The summed E-state index contributed by atoms with van der Waals surface area (Å²) in [4.78, 5) is 39.0. The quantitative estimate of drug-likeness (QED) is 0.405. The lowest BCUT2D eigenvalue weighted by Gasteiger charge is -2.41. The number of thioether (sulfide) groups is 1. The van der Waals surface area contributed by atoms with Gasteiger partial charge in [0, 0.05) is 31.6 Å². The third-order valence-electron chi connectivity index (χ3n) is 5.40. The van der Waals surface area contributed by atoms with Crippen LogP contribution in [0.2, 0.25) is 0 Å². The van der Waals surface area contributed by atoms with Crippen molar-refractivity contribution in [2.45, 2.75) is 49.8 Å². The van der Waals surface area contributed by atoms with E-state index in [0.717, 1.165) is 26.0 Å². The van der Waals surface area contributed by atoms with Crippen molar-refractivity contribution in [1.82, 2.24) is 19.8 Å². The van der Waals surface area contributed by atoms with Gasteiger partial charge in [-0.1, -0.05) is 53.4 Å². The number of fused-ring (bicyclic) bond motifs is 1. The number of hydrogen-bond acceptors (Lipinski definition) is 8. The van der Waals surface area contributed by atoms with Gasteiger partial charge in [0.2, 0.25) is 0 Å². The molecule has 2 amide bonds. The number of piperazine rings is 1. The fourth-order valence-corrected chi connectivity index (χ4v) is 5.82. The molecule has 4 rings (SSSR count). The molecule has 1 saturated heterocycles. The number of nitrogens with zero attached hydrogens (tertiary/aromatic N) is 4. The van der Waals surface area contributed by atoms with Crippen LogP contribution in [0.25, 0.3) is 10.3 Å². The van der Waals surface area contributed by atoms with E-state index in [2.05, 4.69) is 9.97 Å². The van der Waals surface area contributed by atoms with E-state index in [4.69, 9.17) is 9.47 Å². The second-order valence-electron chi connectivity index (χ2n) is 9.26. The summed E-state index contributed by atoms with van der Waals surface area (Å²) < 4.78 is 12.1. The molecule has 0 spiro atoms. The fourth-order valence-electron chi connectivity index (χ4n) is 3.73. The zero-order valence-electron chi connectivity index (χ0n) is 20.2. The first-order valence-corrected chi connectivity index (χ1v) is 13.4. The van der Waals surface area contributed by atoms with E-state index in [0.29, 0.717) is 26.1 Å². The fraction of sp³-hybridized carbons (Fsp3) is 0.440. The number of ether oxygens (including phenoxy) is 2. The molecule has 1 aliphatic heterocycles. The molecular formula is C25H30N4O4S2. The van der Waals surface area contributed by atoms with Gasteiger partial charge in [0.15, 0.2) is 4.34 Å². The van der Waals surface area contributed by atoms with Gasteiger partial charge in [-0.05, 0) is 44.9 Å². The highest BCUT2D eigenvalue weighted by Gasteiger charge is 2.35. The highest BCUT2D eigenvalue weighted by atomic mass is 32.2. The van der Waals surface area contributed by atoms with Crippen molar-refractivity contribution in [3.05, 3.63) is 54.2 Å². The average Bonchev–Trinajstić information content (AvgIpc) is 3.25. The first-order chi connectivity index (χ1) is 16.8. The number of hydrogen-bond donors (Lipinski definition) is 0. The van der Waals surface area contributed by atoms with Crippen molar-refractivity contribution in [2.24, 2.45) is 0 Å².